The van der Waals surface area contributed by atoms with Crippen LogP contribution in [0, 0.1) is 0 Å². The zero-order valence-electron chi connectivity index (χ0n) is 18.6. The summed E-state index contributed by atoms with van der Waals surface area (Å²) < 4.78 is 65.5. The summed E-state index contributed by atoms with van der Waals surface area (Å²) in [6, 6.07) is 4.01. The molecule has 1 aromatic carbocycles. The van der Waals surface area contributed by atoms with Gasteiger partial charge in [-0.1, -0.05) is 76.5 Å². The summed E-state index contributed by atoms with van der Waals surface area (Å²) in [6.45, 7) is 2.16. The number of fused-ring (bicyclic) bond motifs is 1. The molecule has 0 radical (unpaired) electrons. The van der Waals surface area contributed by atoms with E-state index >= 15 is 0 Å². The Kier molecular flexibility index (Phi) is 11.0. The number of unbranched alkanes of at least 4 members (excludes halogenated alkanes) is 9. The first kappa shape index (κ1) is 27.1. The number of nitrogens with zero attached hydrogens (tertiary/aromatic N) is 2. The number of rotatable bonds is 16. The molecule has 0 aliphatic carbocycles. The fraction of sp³-hybridized carbons (Fsp3) is 0.667. The quantitative estimate of drug-likeness (QED) is 0.181. The molecular formula is C21H34N2O6S3. The molecule has 2 rings (SSSR count). The molecule has 0 atom stereocenters. The Morgan fingerprint density at radius 3 is 2.06 bits per heavy atom. The van der Waals surface area contributed by atoms with Gasteiger partial charge in [-0.2, -0.15) is 16.8 Å². The van der Waals surface area contributed by atoms with Crippen LogP contribution in [0.3, 0.4) is 0 Å². The topological polar surface area (TPSA) is 127 Å². The maximum Gasteiger partial charge on any atom is 0.294 e. The van der Waals surface area contributed by atoms with Crippen molar-refractivity contribution in [2.24, 2.45) is 0 Å². The van der Waals surface area contributed by atoms with Gasteiger partial charge in [-0.05, 0) is 24.6 Å². The molecule has 0 aliphatic heterocycles. The Morgan fingerprint density at radius 1 is 0.906 bits per heavy atom. The second-order valence-corrected chi connectivity index (χ2v) is 12.0. The van der Waals surface area contributed by atoms with Gasteiger partial charge in [0.25, 0.3) is 20.2 Å². The summed E-state index contributed by atoms with van der Waals surface area (Å²) >= 11 is 1.48. The van der Waals surface area contributed by atoms with Crippen LogP contribution >= 0.6 is 11.8 Å². The Labute approximate surface area is 195 Å². The second kappa shape index (κ2) is 12.9. The number of thioether (sulfide) groups is 1. The van der Waals surface area contributed by atoms with Crippen molar-refractivity contribution in [2.45, 2.75) is 87.7 Å². The minimum atomic E-state index is -4.40. The number of hydrogen-bond acceptors (Lipinski definition) is 6. The van der Waals surface area contributed by atoms with Gasteiger partial charge in [0.05, 0.1) is 21.7 Å². The van der Waals surface area contributed by atoms with E-state index in [1.807, 2.05) is 0 Å². The summed E-state index contributed by atoms with van der Waals surface area (Å²) in [5, 5.41) is 0.562. The third-order valence-electron chi connectivity index (χ3n) is 5.28. The monoisotopic (exact) mass is 506 g/mol. The highest BCUT2D eigenvalue weighted by Gasteiger charge is 2.17. The van der Waals surface area contributed by atoms with E-state index in [1.165, 1.54) is 81.3 Å². The van der Waals surface area contributed by atoms with Crippen molar-refractivity contribution < 1.29 is 25.9 Å². The molecule has 32 heavy (non-hydrogen) atoms. The van der Waals surface area contributed by atoms with Crippen molar-refractivity contribution in [2.75, 3.05) is 11.5 Å². The van der Waals surface area contributed by atoms with E-state index in [2.05, 4.69) is 11.9 Å². The second-order valence-electron chi connectivity index (χ2n) is 7.99. The minimum Gasteiger partial charge on any atom is -0.318 e. The maximum atomic E-state index is 11.5. The third kappa shape index (κ3) is 9.38. The van der Waals surface area contributed by atoms with Crippen LogP contribution < -0.4 is 0 Å². The van der Waals surface area contributed by atoms with Crippen LogP contribution in [0.2, 0.25) is 0 Å². The number of hydrogen-bond donors (Lipinski definition) is 2. The van der Waals surface area contributed by atoms with Gasteiger partial charge in [0.2, 0.25) is 0 Å². The van der Waals surface area contributed by atoms with Gasteiger partial charge < -0.3 is 4.57 Å². The Bertz CT molecular complexity index is 1060. The van der Waals surface area contributed by atoms with Crippen LogP contribution in [-0.2, 0) is 26.8 Å². The molecule has 1 aromatic heterocycles. The molecule has 0 saturated carbocycles. The molecule has 0 saturated heterocycles. The van der Waals surface area contributed by atoms with Crippen molar-refractivity contribution in [3.63, 3.8) is 0 Å². The van der Waals surface area contributed by atoms with Crippen molar-refractivity contribution in [1.29, 1.82) is 0 Å². The summed E-state index contributed by atoms with van der Waals surface area (Å²) in [6.07, 6.45) is 12.4. The van der Waals surface area contributed by atoms with Crippen LogP contribution in [0.1, 0.15) is 71.1 Å². The van der Waals surface area contributed by atoms with Crippen molar-refractivity contribution in [1.82, 2.24) is 9.55 Å². The molecule has 0 spiro atoms. The molecule has 11 heteroatoms. The van der Waals surface area contributed by atoms with E-state index in [1.54, 1.807) is 4.57 Å². The van der Waals surface area contributed by atoms with Gasteiger partial charge >= 0.3 is 0 Å². The molecule has 2 N–H and O–H groups in total. The van der Waals surface area contributed by atoms with Gasteiger partial charge in [-0.25, -0.2) is 4.98 Å². The number of benzene rings is 1. The number of imidazole rings is 1. The van der Waals surface area contributed by atoms with Crippen LogP contribution in [0.4, 0.5) is 0 Å². The molecule has 0 aliphatic rings. The molecule has 0 fully saturated rings. The third-order valence-corrected chi connectivity index (χ3v) is 7.90. The summed E-state index contributed by atoms with van der Waals surface area (Å²) in [7, 11) is -8.59. The first-order valence-corrected chi connectivity index (χ1v) is 15.2. The first-order valence-electron chi connectivity index (χ1n) is 11.2. The maximum absolute atomic E-state index is 11.5. The molecule has 0 bridgehead atoms. The molecule has 182 valence electrons. The molecule has 8 nitrogen and oxygen atoms in total. The number of aromatic nitrogens is 2. The standard InChI is InChI=1S/C21H34N2O6S3/c1-2-3-4-5-6-7-8-9-10-11-15-30-21-22-19-13-12-18(32(27,28)29)17-20(19)23(21)14-16-31(24,25)26/h12-13,17H,2-11,14-16H2,1H3,(H,24,25,26)(H,27,28,29). The molecular weight excluding hydrogens is 472 g/mol. The highest BCUT2D eigenvalue weighted by atomic mass is 32.2. The van der Waals surface area contributed by atoms with E-state index in [-0.39, 0.29) is 11.4 Å². The lowest BCUT2D eigenvalue weighted by molar-refractivity contribution is 0.476. The predicted molar refractivity (Wildman–Crippen MR) is 129 cm³/mol. The van der Waals surface area contributed by atoms with E-state index in [0.29, 0.717) is 16.2 Å². The zero-order chi connectivity index (χ0) is 23.6. The van der Waals surface area contributed by atoms with Gasteiger partial charge in [0.1, 0.15) is 0 Å². The predicted octanol–water partition coefficient (Wildman–Crippen LogP) is 5.18. The fourth-order valence-corrected chi connectivity index (χ4v) is 5.48. The van der Waals surface area contributed by atoms with Crippen molar-refractivity contribution in [3.8, 4) is 0 Å². The van der Waals surface area contributed by atoms with Gasteiger partial charge in [-0.3, -0.25) is 9.11 Å². The van der Waals surface area contributed by atoms with Gasteiger partial charge in [-0.15, -0.1) is 0 Å². The lowest BCUT2D eigenvalue weighted by Crippen LogP contribution is -2.12. The summed E-state index contributed by atoms with van der Waals surface area (Å²) in [5.74, 6) is 0.289. The van der Waals surface area contributed by atoms with Crippen LogP contribution in [0.15, 0.2) is 28.3 Å². The fourth-order valence-electron chi connectivity index (χ4n) is 3.53. The largest absolute Gasteiger partial charge is 0.318 e. The summed E-state index contributed by atoms with van der Waals surface area (Å²) in [5.41, 5.74) is 0.896. The van der Waals surface area contributed by atoms with Gasteiger partial charge in [0.15, 0.2) is 5.16 Å². The van der Waals surface area contributed by atoms with Crippen LogP contribution in [-0.4, -0.2) is 47.0 Å². The number of aryl methyl sites for hydroxylation is 1. The molecule has 2 aromatic rings. The molecule has 0 amide bonds. The van der Waals surface area contributed by atoms with E-state index < -0.39 is 26.0 Å². The normalized spacial score (nSPS) is 12.6. The molecule has 0 unspecified atom stereocenters. The Hall–Kier alpha value is -1.14. The van der Waals surface area contributed by atoms with Crippen molar-refractivity contribution in [3.05, 3.63) is 18.2 Å². The molecule has 1 heterocycles. The van der Waals surface area contributed by atoms with Crippen LogP contribution in [0.5, 0.6) is 0 Å². The minimum absolute atomic E-state index is 0.0649. The van der Waals surface area contributed by atoms with Crippen LogP contribution in [0.25, 0.3) is 11.0 Å². The van der Waals surface area contributed by atoms with E-state index in [4.69, 9.17) is 4.55 Å². The first-order chi connectivity index (χ1) is 15.1. The van der Waals surface area contributed by atoms with E-state index in [9.17, 15) is 21.4 Å². The lowest BCUT2D eigenvalue weighted by atomic mass is 10.1. The highest BCUT2D eigenvalue weighted by Crippen LogP contribution is 2.27. The van der Waals surface area contributed by atoms with Gasteiger partial charge in [0, 0.05) is 12.3 Å². The average molecular weight is 507 g/mol. The Morgan fingerprint density at radius 2 is 1.50 bits per heavy atom. The Balaban J connectivity index is 1.93. The van der Waals surface area contributed by atoms with Crippen molar-refractivity contribution >= 4 is 43.0 Å². The highest BCUT2D eigenvalue weighted by molar-refractivity contribution is 7.99. The SMILES string of the molecule is CCCCCCCCCCCCSc1nc2ccc(S(=O)(=O)O)cc2n1CCS(=O)(=O)O. The zero-order valence-corrected chi connectivity index (χ0v) is 21.0. The smallest absolute Gasteiger partial charge is 0.294 e. The summed E-state index contributed by atoms with van der Waals surface area (Å²) in [4.78, 5) is 4.20. The average Bonchev–Trinajstić information content (AvgIpc) is 3.06. The van der Waals surface area contributed by atoms with E-state index in [0.717, 1.165) is 18.6 Å². The lowest BCUT2D eigenvalue weighted by Gasteiger charge is -2.08.